The van der Waals surface area contributed by atoms with Crippen molar-refractivity contribution in [3.05, 3.63) is 48.8 Å². The van der Waals surface area contributed by atoms with Crippen molar-refractivity contribution in [3.63, 3.8) is 0 Å². The molecule has 0 radical (unpaired) electrons. The monoisotopic (exact) mass is 670 g/mol. The number of hydroxylamine groups is 1. The van der Waals surface area contributed by atoms with Gasteiger partial charge in [-0.15, -0.1) is 21.5 Å². The predicted molar refractivity (Wildman–Crippen MR) is 162 cm³/mol. The summed E-state index contributed by atoms with van der Waals surface area (Å²) in [5, 5.41) is 8.48. The second kappa shape index (κ2) is 14.2. The van der Waals surface area contributed by atoms with Crippen LogP contribution in [0.3, 0.4) is 0 Å². The smallest absolute Gasteiger partial charge is 0.263 e. The van der Waals surface area contributed by atoms with E-state index in [1.54, 1.807) is 24.0 Å². The molecule has 2 aliphatic heterocycles. The van der Waals surface area contributed by atoms with Gasteiger partial charge in [-0.2, -0.15) is 8.61 Å². The highest BCUT2D eigenvalue weighted by Gasteiger charge is 2.44. The molecule has 2 aromatic heterocycles. The summed E-state index contributed by atoms with van der Waals surface area (Å²) in [5.74, 6) is -0.409. The molecule has 2 aliphatic rings. The second-order valence-corrected chi connectivity index (χ2v) is 16.4. The molecule has 0 spiro atoms. The van der Waals surface area contributed by atoms with Crippen molar-refractivity contribution in [1.29, 1.82) is 0 Å². The molecule has 0 bridgehead atoms. The third-order valence-electron chi connectivity index (χ3n) is 7.07. The molecule has 43 heavy (non-hydrogen) atoms. The number of aromatic nitrogens is 3. The average molecular weight is 671 g/mol. The van der Waals surface area contributed by atoms with E-state index in [1.165, 1.54) is 22.1 Å². The van der Waals surface area contributed by atoms with Gasteiger partial charge in [-0.3, -0.25) is 4.79 Å². The number of ether oxygens (including phenoxy) is 1. The third-order valence-corrected chi connectivity index (χ3v) is 13.6. The van der Waals surface area contributed by atoms with Gasteiger partial charge in [-0.05, 0) is 37.0 Å². The van der Waals surface area contributed by atoms with Crippen LogP contribution >= 0.6 is 23.1 Å². The lowest BCUT2D eigenvalue weighted by Gasteiger charge is -2.38. The first-order chi connectivity index (χ1) is 20.6. The molecule has 234 valence electrons. The number of nitrogens with one attached hydrogen (secondary N) is 1. The molecule has 2 fully saturated rings. The molecular weight excluding hydrogens is 637 g/mol. The zero-order valence-corrected chi connectivity index (χ0v) is 26.8. The van der Waals surface area contributed by atoms with Crippen LogP contribution in [0.2, 0.25) is 0 Å². The molecule has 1 amide bonds. The molecule has 0 saturated carbocycles. The maximum atomic E-state index is 13.9. The zero-order valence-electron chi connectivity index (χ0n) is 23.6. The number of nitrogens with zero attached hydrogens (tertiary/aromatic N) is 5. The van der Waals surface area contributed by atoms with Crippen LogP contribution in [-0.4, -0.2) is 96.2 Å². The molecule has 1 unspecified atom stereocenters. The molecule has 2 saturated heterocycles. The average Bonchev–Trinajstić information content (AvgIpc) is 3.69. The summed E-state index contributed by atoms with van der Waals surface area (Å²) in [6, 6.07) is 11.3. The van der Waals surface area contributed by atoms with E-state index in [4.69, 9.17) is 9.57 Å². The maximum Gasteiger partial charge on any atom is 0.263 e. The fourth-order valence-electron chi connectivity index (χ4n) is 4.76. The molecule has 4 heterocycles. The quantitative estimate of drug-likeness (QED) is 0.173. The minimum atomic E-state index is -4.14. The van der Waals surface area contributed by atoms with E-state index >= 15 is 0 Å². The molecule has 5 rings (SSSR count). The standard InChI is InChI=1S/C26H34N6O7S4/c1-30-19-27-28-26(30)40-16-7-17-42(34,35)31-13-14-32(21(18-31)25(33)29-39-23-10-5-6-15-38-23)43(36,37)24-12-11-22(41-24)20-8-3-2-4-9-20/h2-4,8-9,11-12,19,21,23H,5-7,10,13-18H2,1H3,(H,29,33)/t21-,23?/m1/s1. The number of piperazine rings is 1. The number of sulfonamides is 2. The van der Waals surface area contributed by atoms with Crippen molar-refractivity contribution < 1.29 is 31.2 Å². The Morgan fingerprint density at radius 1 is 1.14 bits per heavy atom. The van der Waals surface area contributed by atoms with Crippen LogP contribution in [0.5, 0.6) is 0 Å². The Morgan fingerprint density at radius 2 is 1.95 bits per heavy atom. The van der Waals surface area contributed by atoms with Crippen LogP contribution in [-0.2, 0) is 41.5 Å². The van der Waals surface area contributed by atoms with E-state index in [9.17, 15) is 21.6 Å². The molecule has 1 aromatic carbocycles. The summed E-state index contributed by atoms with van der Waals surface area (Å²) in [5.41, 5.74) is 3.22. The van der Waals surface area contributed by atoms with Gasteiger partial charge < -0.3 is 9.30 Å². The van der Waals surface area contributed by atoms with Crippen LogP contribution in [0.15, 0.2) is 58.2 Å². The van der Waals surface area contributed by atoms with E-state index < -0.39 is 38.3 Å². The maximum absolute atomic E-state index is 13.9. The first-order valence-corrected chi connectivity index (χ1v) is 18.7. The lowest BCUT2D eigenvalue weighted by Crippen LogP contribution is -2.61. The van der Waals surface area contributed by atoms with Crippen molar-refractivity contribution in [1.82, 2.24) is 28.9 Å². The van der Waals surface area contributed by atoms with Gasteiger partial charge in [-0.1, -0.05) is 42.1 Å². The Bertz CT molecular complexity index is 1590. The fraction of sp³-hybridized carbons (Fsp3) is 0.500. The van der Waals surface area contributed by atoms with E-state index in [-0.39, 0.29) is 29.6 Å². The van der Waals surface area contributed by atoms with Gasteiger partial charge >= 0.3 is 0 Å². The normalized spacial score (nSPS) is 20.7. The molecule has 17 heteroatoms. The van der Waals surface area contributed by atoms with Gasteiger partial charge in [0.2, 0.25) is 10.0 Å². The number of hydrogen-bond acceptors (Lipinski definition) is 11. The van der Waals surface area contributed by atoms with Crippen LogP contribution in [0.1, 0.15) is 25.7 Å². The van der Waals surface area contributed by atoms with E-state index in [1.807, 2.05) is 30.3 Å². The van der Waals surface area contributed by atoms with Crippen LogP contribution in [0.4, 0.5) is 0 Å². The fourth-order valence-corrected chi connectivity index (χ4v) is 10.3. The molecule has 13 nitrogen and oxygen atoms in total. The largest absolute Gasteiger partial charge is 0.350 e. The Hall–Kier alpha value is -2.38. The summed E-state index contributed by atoms with van der Waals surface area (Å²) in [6.07, 6.45) is 3.60. The van der Waals surface area contributed by atoms with Gasteiger partial charge in [0.05, 0.1) is 5.75 Å². The summed E-state index contributed by atoms with van der Waals surface area (Å²) < 4.78 is 63.9. The number of thioether (sulfide) groups is 1. The lowest BCUT2D eigenvalue weighted by atomic mass is 10.2. The number of rotatable bonds is 12. The molecule has 0 aliphatic carbocycles. The summed E-state index contributed by atoms with van der Waals surface area (Å²) in [7, 11) is -6.12. The summed E-state index contributed by atoms with van der Waals surface area (Å²) >= 11 is 2.49. The molecule has 1 N–H and O–H groups in total. The zero-order chi connectivity index (χ0) is 30.5. The highest BCUT2D eigenvalue weighted by molar-refractivity contribution is 7.99. The third kappa shape index (κ3) is 7.83. The van der Waals surface area contributed by atoms with Crippen molar-refractivity contribution in [3.8, 4) is 10.4 Å². The Balaban J connectivity index is 1.30. The van der Waals surface area contributed by atoms with Crippen LogP contribution in [0, 0.1) is 0 Å². The van der Waals surface area contributed by atoms with Crippen molar-refractivity contribution in [2.75, 3.05) is 37.7 Å². The number of aryl methyl sites for hydroxylation is 1. The highest BCUT2D eigenvalue weighted by Crippen LogP contribution is 2.34. The van der Waals surface area contributed by atoms with E-state index in [2.05, 4.69) is 15.7 Å². The number of carbonyl (C=O) groups excluding carboxylic acids is 1. The number of thiophene rings is 1. The minimum absolute atomic E-state index is 0.0674. The molecule has 3 aromatic rings. The summed E-state index contributed by atoms with van der Waals surface area (Å²) in [6.45, 7) is -0.111. The van der Waals surface area contributed by atoms with Gasteiger partial charge in [0.25, 0.3) is 15.9 Å². The number of benzene rings is 1. The molecular formula is C26H34N6O7S4. The minimum Gasteiger partial charge on any atom is -0.350 e. The van der Waals surface area contributed by atoms with Crippen molar-refractivity contribution >= 4 is 49.1 Å². The van der Waals surface area contributed by atoms with Gasteiger partial charge in [0, 0.05) is 50.3 Å². The highest BCUT2D eigenvalue weighted by atomic mass is 32.2. The van der Waals surface area contributed by atoms with Crippen LogP contribution < -0.4 is 5.48 Å². The first kappa shape index (κ1) is 32.0. The van der Waals surface area contributed by atoms with Gasteiger partial charge in [-0.25, -0.2) is 27.2 Å². The van der Waals surface area contributed by atoms with Crippen molar-refractivity contribution in [2.24, 2.45) is 7.05 Å². The summed E-state index contributed by atoms with van der Waals surface area (Å²) in [4.78, 5) is 19.6. The lowest BCUT2D eigenvalue weighted by molar-refractivity contribution is -0.202. The van der Waals surface area contributed by atoms with E-state index in [0.29, 0.717) is 30.4 Å². The number of hydrogen-bond donors (Lipinski definition) is 1. The number of amides is 1. The van der Waals surface area contributed by atoms with Crippen LogP contribution in [0.25, 0.3) is 10.4 Å². The Morgan fingerprint density at radius 3 is 2.67 bits per heavy atom. The second-order valence-electron chi connectivity index (χ2n) is 10.1. The Labute approximate surface area is 259 Å². The Kier molecular flexibility index (Phi) is 10.5. The first-order valence-electron chi connectivity index (χ1n) is 13.8. The topological polar surface area (TPSA) is 153 Å². The van der Waals surface area contributed by atoms with E-state index in [0.717, 1.165) is 38.9 Å². The number of carbonyl (C=O) groups is 1. The van der Waals surface area contributed by atoms with Crippen molar-refractivity contribution in [2.45, 2.75) is 47.4 Å². The SMILES string of the molecule is Cn1cnnc1SCCCS(=O)(=O)N1CCN(S(=O)(=O)c2ccc(-c3ccccc3)s2)[C@@H](C(=O)NOC2CCCCO2)C1. The molecule has 2 atom stereocenters. The predicted octanol–water partition coefficient (Wildman–Crippen LogP) is 2.31. The van der Waals surface area contributed by atoms with Gasteiger partial charge in [0.1, 0.15) is 16.6 Å². The van der Waals surface area contributed by atoms with Gasteiger partial charge in [0.15, 0.2) is 11.4 Å².